The highest BCUT2D eigenvalue weighted by molar-refractivity contribution is 6.34. The zero-order valence-corrected chi connectivity index (χ0v) is 28.1. The van der Waals surface area contributed by atoms with Crippen LogP contribution >= 0.6 is 11.6 Å². The van der Waals surface area contributed by atoms with Gasteiger partial charge in [0.15, 0.2) is 0 Å². The average molecular weight is 678 g/mol. The van der Waals surface area contributed by atoms with Gasteiger partial charge < -0.3 is 29.7 Å². The Hall–Kier alpha value is -3.99. The molecule has 256 valence electrons. The molecule has 11 heteroatoms. The number of aliphatic hydroxyl groups excluding tert-OH is 1. The topological polar surface area (TPSA) is 125 Å². The monoisotopic (exact) mass is 677 g/mol. The number of ether oxygens (including phenoxy) is 2. The predicted octanol–water partition coefficient (Wildman–Crippen LogP) is 4.68. The molecule has 3 saturated heterocycles. The number of fused-ring (bicyclic) bond motifs is 1. The number of rotatable bonds is 16. The predicted molar refractivity (Wildman–Crippen MR) is 182 cm³/mol. The standard InChI is InChI=1S/C37H44ClN3O7/c1-4-6-17-29(43)47-23-27(25-14-8-7-9-15-25)39-34(44)30-28-18-19-37(48-28)31(30)35(45)41(21-10-11-22-42)33(37)36(46)40(20-5-2)32-24(3)13-12-16-26(32)38/h4-5,7-9,12-16,27-28,30-31,33,42H,1-2,6,10-11,17-23H2,3H3,(H,39,44)/t27-,28+,30-,31-,33+,37-/m1/s1. The molecule has 0 saturated carbocycles. The largest absolute Gasteiger partial charge is 0.463 e. The van der Waals surface area contributed by atoms with E-state index in [2.05, 4.69) is 18.5 Å². The Bertz CT molecular complexity index is 1510. The van der Waals surface area contributed by atoms with Gasteiger partial charge in [-0.2, -0.15) is 0 Å². The van der Waals surface area contributed by atoms with Gasteiger partial charge in [-0.3, -0.25) is 19.2 Å². The van der Waals surface area contributed by atoms with E-state index in [9.17, 15) is 24.3 Å². The Morgan fingerprint density at radius 2 is 1.94 bits per heavy atom. The number of carbonyl (C=O) groups excluding carboxylic acids is 4. The number of esters is 1. The van der Waals surface area contributed by atoms with Gasteiger partial charge >= 0.3 is 5.97 Å². The van der Waals surface area contributed by atoms with Gasteiger partial charge in [0.05, 0.1) is 34.7 Å². The van der Waals surface area contributed by atoms with Gasteiger partial charge in [-0.25, -0.2) is 0 Å². The number of aryl methyl sites for hydroxylation is 1. The van der Waals surface area contributed by atoms with E-state index in [1.165, 1.54) is 0 Å². The number of para-hydroxylation sites is 1. The molecule has 3 aliphatic heterocycles. The first-order chi connectivity index (χ1) is 23.2. The summed E-state index contributed by atoms with van der Waals surface area (Å²) in [6.07, 6.45) is 5.16. The van der Waals surface area contributed by atoms with Crippen LogP contribution in [0.2, 0.25) is 5.02 Å². The minimum atomic E-state index is -1.23. The zero-order valence-electron chi connectivity index (χ0n) is 27.3. The molecule has 0 aliphatic carbocycles. The second-order valence-corrected chi connectivity index (χ2v) is 13.1. The third kappa shape index (κ3) is 6.79. The van der Waals surface area contributed by atoms with E-state index in [-0.39, 0.29) is 44.5 Å². The second kappa shape index (κ2) is 15.5. The maximum atomic E-state index is 14.8. The molecule has 0 radical (unpaired) electrons. The molecule has 0 unspecified atom stereocenters. The number of nitrogens with one attached hydrogen (secondary N) is 1. The molecule has 3 heterocycles. The lowest BCUT2D eigenvalue weighted by Crippen LogP contribution is -2.56. The number of likely N-dealkylation sites (tertiary alicyclic amines) is 1. The van der Waals surface area contributed by atoms with Crippen molar-refractivity contribution in [2.24, 2.45) is 11.8 Å². The molecular weight excluding hydrogens is 634 g/mol. The van der Waals surface area contributed by atoms with Gasteiger partial charge in [0.2, 0.25) is 11.8 Å². The number of halogens is 1. The normalized spacial score (nSPS) is 24.6. The number of unbranched alkanes of at least 4 members (excludes halogenated alkanes) is 1. The number of hydrogen-bond acceptors (Lipinski definition) is 7. The highest BCUT2D eigenvalue weighted by Crippen LogP contribution is 2.59. The lowest BCUT2D eigenvalue weighted by molar-refractivity contribution is -0.146. The molecule has 6 atom stereocenters. The smallest absolute Gasteiger partial charge is 0.306 e. The SMILES string of the molecule is C=CCCC(=O)OC[C@@H](NC(=O)[C@@H]1[C@@H]2CC[C@]3(O2)[C@H](C(=O)N(CC=C)c2c(C)cccc2Cl)N(CCCCO)C(=O)[C@@H]13)c1ccccc1. The molecule has 5 rings (SSSR count). The van der Waals surface area contributed by atoms with Gasteiger partial charge in [0, 0.05) is 26.1 Å². The molecule has 10 nitrogen and oxygen atoms in total. The van der Waals surface area contributed by atoms with Crippen molar-refractivity contribution in [3.05, 3.63) is 90.0 Å². The van der Waals surface area contributed by atoms with E-state index in [1.54, 1.807) is 28.0 Å². The second-order valence-electron chi connectivity index (χ2n) is 12.6. The lowest BCUT2D eigenvalue weighted by atomic mass is 9.70. The van der Waals surface area contributed by atoms with Crippen LogP contribution in [-0.4, -0.2) is 77.7 Å². The van der Waals surface area contributed by atoms with Crippen LogP contribution in [0, 0.1) is 18.8 Å². The van der Waals surface area contributed by atoms with E-state index < -0.39 is 47.5 Å². The first-order valence-corrected chi connectivity index (χ1v) is 16.9. The summed E-state index contributed by atoms with van der Waals surface area (Å²) in [7, 11) is 0. The van der Waals surface area contributed by atoms with Gasteiger partial charge in [-0.1, -0.05) is 66.2 Å². The van der Waals surface area contributed by atoms with E-state index in [0.717, 1.165) is 11.1 Å². The average Bonchev–Trinajstić information content (AvgIpc) is 3.72. The van der Waals surface area contributed by atoms with Gasteiger partial charge in [-0.05, 0) is 56.2 Å². The Labute approximate surface area is 286 Å². The number of amides is 3. The number of aliphatic hydroxyl groups is 1. The van der Waals surface area contributed by atoms with Crippen LogP contribution in [0.3, 0.4) is 0 Å². The number of carbonyl (C=O) groups is 4. The van der Waals surface area contributed by atoms with Crippen molar-refractivity contribution >= 4 is 41.0 Å². The third-order valence-electron chi connectivity index (χ3n) is 9.66. The van der Waals surface area contributed by atoms with Crippen molar-refractivity contribution in [3.8, 4) is 0 Å². The zero-order chi connectivity index (χ0) is 34.4. The summed E-state index contributed by atoms with van der Waals surface area (Å²) in [5.74, 6) is -3.25. The lowest BCUT2D eigenvalue weighted by Gasteiger charge is -2.37. The van der Waals surface area contributed by atoms with Crippen LogP contribution in [0.5, 0.6) is 0 Å². The molecule has 2 bridgehead atoms. The summed E-state index contributed by atoms with van der Waals surface area (Å²) >= 11 is 6.64. The first-order valence-electron chi connectivity index (χ1n) is 16.6. The van der Waals surface area contributed by atoms with Crippen molar-refractivity contribution in [1.82, 2.24) is 10.2 Å². The maximum Gasteiger partial charge on any atom is 0.306 e. The summed E-state index contributed by atoms with van der Waals surface area (Å²) in [4.78, 5) is 58.9. The van der Waals surface area contributed by atoms with Crippen molar-refractivity contribution < 1.29 is 33.8 Å². The Balaban J connectivity index is 1.47. The van der Waals surface area contributed by atoms with Gasteiger partial charge in [0.25, 0.3) is 5.91 Å². The fourth-order valence-electron chi connectivity index (χ4n) is 7.54. The highest BCUT2D eigenvalue weighted by Gasteiger charge is 2.74. The summed E-state index contributed by atoms with van der Waals surface area (Å²) < 4.78 is 12.2. The third-order valence-corrected chi connectivity index (χ3v) is 9.97. The van der Waals surface area contributed by atoms with Crippen LogP contribution in [0.25, 0.3) is 0 Å². The van der Waals surface area contributed by atoms with Crippen LogP contribution in [0.4, 0.5) is 5.69 Å². The summed E-state index contributed by atoms with van der Waals surface area (Å²) in [5, 5.41) is 13.0. The molecule has 3 amide bonds. The molecule has 2 N–H and O–H groups in total. The Morgan fingerprint density at radius 1 is 1.17 bits per heavy atom. The first kappa shape index (κ1) is 35.3. The minimum absolute atomic E-state index is 0.0563. The molecule has 3 fully saturated rings. The molecule has 0 aromatic heterocycles. The van der Waals surface area contributed by atoms with Crippen LogP contribution in [0.15, 0.2) is 73.8 Å². The molecular formula is C37H44ClN3O7. The van der Waals surface area contributed by atoms with Crippen LogP contribution in [0.1, 0.15) is 55.7 Å². The van der Waals surface area contributed by atoms with E-state index >= 15 is 0 Å². The molecule has 3 aliphatic rings. The summed E-state index contributed by atoms with van der Waals surface area (Å²) in [6, 6.07) is 12.9. The number of nitrogens with zero attached hydrogens (tertiary/aromatic N) is 2. The van der Waals surface area contributed by atoms with Crippen molar-refractivity contribution in [3.63, 3.8) is 0 Å². The Morgan fingerprint density at radius 3 is 2.62 bits per heavy atom. The number of anilines is 1. The number of benzene rings is 2. The minimum Gasteiger partial charge on any atom is -0.463 e. The Kier molecular flexibility index (Phi) is 11.4. The number of allylic oxidation sites excluding steroid dienone is 1. The fourth-order valence-corrected chi connectivity index (χ4v) is 7.87. The van der Waals surface area contributed by atoms with Crippen molar-refractivity contribution in [2.45, 2.75) is 69.2 Å². The quantitative estimate of drug-likeness (QED) is 0.150. The number of hydrogen-bond donors (Lipinski definition) is 2. The van der Waals surface area contributed by atoms with Crippen LogP contribution < -0.4 is 10.2 Å². The summed E-state index contributed by atoms with van der Waals surface area (Å²) in [6.45, 7) is 9.59. The van der Waals surface area contributed by atoms with Crippen molar-refractivity contribution in [1.29, 1.82) is 0 Å². The molecule has 2 aromatic carbocycles. The summed E-state index contributed by atoms with van der Waals surface area (Å²) in [5.41, 5.74) is 0.831. The van der Waals surface area contributed by atoms with Gasteiger partial charge in [-0.15, -0.1) is 13.2 Å². The fraction of sp³-hybridized carbons (Fsp3) is 0.459. The van der Waals surface area contributed by atoms with E-state index in [0.29, 0.717) is 42.8 Å². The highest BCUT2D eigenvalue weighted by atomic mass is 35.5. The van der Waals surface area contributed by atoms with Crippen LogP contribution in [-0.2, 0) is 28.7 Å². The molecule has 2 aromatic rings. The van der Waals surface area contributed by atoms with E-state index in [1.807, 2.05) is 49.4 Å². The van der Waals surface area contributed by atoms with Gasteiger partial charge in [0.1, 0.15) is 18.2 Å². The molecule has 48 heavy (non-hydrogen) atoms. The molecule has 1 spiro atoms. The van der Waals surface area contributed by atoms with Crippen molar-refractivity contribution in [2.75, 3.05) is 31.2 Å². The maximum absolute atomic E-state index is 14.8. The van der Waals surface area contributed by atoms with E-state index in [4.69, 9.17) is 21.1 Å².